The molecule has 1 atom stereocenters. The zero-order valence-corrected chi connectivity index (χ0v) is 11.6. The van der Waals surface area contributed by atoms with Gasteiger partial charge in [-0.25, -0.2) is 0 Å². The van der Waals surface area contributed by atoms with E-state index >= 15 is 0 Å². The zero-order chi connectivity index (χ0) is 13.8. The van der Waals surface area contributed by atoms with E-state index in [2.05, 4.69) is 0 Å². The highest BCUT2D eigenvalue weighted by atomic mass is 35.5. The molecule has 0 N–H and O–H groups in total. The van der Waals surface area contributed by atoms with Crippen LogP contribution in [0.25, 0.3) is 10.8 Å². The van der Waals surface area contributed by atoms with Gasteiger partial charge in [0.05, 0.1) is 0 Å². The number of hydrogen-bond acceptors (Lipinski definition) is 2. The number of halogens is 2. The van der Waals surface area contributed by atoms with Gasteiger partial charge >= 0.3 is 0 Å². The van der Waals surface area contributed by atoms with Crippen LogP contribution in [-0.4, -0.2) is 10.5 Å². The molecule has 0 bridgehead atoms. The molecule has 0 spiro atoms. The number of benzene rings is 2. The predicted molar refractivity (Wildman–Crippen MR) is 77.5 cm³/mol. The lowest BCUT2D eigenvalue weighted by molar-refractivity contribution is -0.119. The molecule has 19 heavy (non-hydrogen) atoms. The molecule has 0 saturated heterocycles. The number of fused-ring (bicyclic) bond motifs is 1. The summed E-state index contributed by atoms with van der Waals surface area (Å²) in [4.78, 5) is 22.3. The molecule has 2 aromatic carbocycles. The van der Waals surface area contributed by atoms with Gasteiger partial charge in [0.25, 0.3) is 0 Å². The summed E-state index contributed by atoms with van der Waals surface area (Å²) in [6.07, 6.45) is 0.384. The molecular formula is C15H12Cl2O2. The summed E-state index contributed by atoms with van der Waals surface area (Å²) in [5, 5.41) is 1.09. The molecule has 2 rings (SSSR count). The van der Waals surface area contributed by atoms with Crippen molar-refractivity contribution in [3.63, 3.8) is 0 Å². The van der Waals surface area contributed by atoms with E-state index < -0.39 is 16.4 Å². The number of rotatable bonds is 5. The Kier molecular flexibility index (Phi) is 4.56. The van der Waals surface area contributed by atoms with Crippen LogP contribution >= 0.6 is 23.2 Å². The van der Waals surface area contributed by atoms with E-state index in [0.717, 1.165) is 16.3 Å². The first kappa shape index (κ1) is 14.0. The Morgan fingerprint density at radius 3 is 2.37 bits per heavy atom. The molecule has 2 aromatic rings. The van der Waals surface area contributed by atoms with Gasteiger partial charge in [-0.1, -0.05) is 42.5 Å². The topological polar surface area (TPSA) is 34.1 Å². The smallest absolute Gasteiger partial charge is 0.225 e. The highest BCUT2D eigenvalue weighted by Crippen LogP contribution is 2.24. The van der Waals surface area contributed by atoms with Crippen LogP contribution in [0.4, 0.5) is 0 Å². The van der Waals surface area contributed by atoms with Crippen LogP contribution in [0.1, 0.15) is 12.0 Å². The van der Waals surface area contributed by atoms with Crippen molar-refractivity contribution in [2.45, 2.75) is 12.8 Å². The average Bonchev–Trinajstić information content (AvgIpc) is 2.37. The van der Waals surface area contributed by atoms with Crippen LogP contribution in [0.5, 0.6) is 0 Å². The fraction of sp³-hybridized carbons (Fsp3) is 0.200. The van der Waals surface area contributed by atoms with E-state index in [-0.39, 0.29) is 6.42 Å². The average molecular weight is 295 g/mol. The normalized spacial score (nSPS) is 12.3. The lowest BCUT2D eigenvalue weighted by atomic mass is 9.94. The third-order valence-corrected chi connectivity index (χ3v) is 3.54. The highest BCUT2D eigenvalue weighted by molar-refractivity contribution is 6.66. The van der Waals surface area contributed by atoms with Crippen LogP contribution in [-0.2, 0) is 16.0 Å². The van der Waals surface area contributed by atoms with E-state index in [1.165, 1.54) is 0 Å². The minimum atomic E-state index is -0.572. The molecular weight excluding hydrogens is 283 g/mol. The van der Waals surface area contributed by atoms with Crippen LogP contribution in [0, 0.1) is 5.92 Å². The fourth-order valence-corrected chi connectivity index (χ4v) is 2.50. The van der Waals surface area contributed by atoms with Gasteiger partial charge in [-0.15, -0.1) is 0 Å². The molecule has 2 nitrogen and oxygen atoms in total. The van der Waals surface area contributed by atoms with Crippen molar-refractivity contribution in [2.75, 3.05) is 0 Å². The van der Waals surface area contributed by atoms with Crippen LogP contribution < -0.4 is 0 Å². The van der Waals surface area contributed by atoms with Crippen molar-refractivity contribution in [1.29, 1.82) is 0 Å². The van der Waals surface area contributed by atoms with E-state index in [9.17, 15) is 9.59 Å². The lowest BCUT2D eigenvalue weighted by Crippen LogP contribution is -2.15. The molecule has 0 aliphatic rings. The van der Waals surface area contributed by atoms with Gasteiger partial charge < -0.3 is 0 Å². The van der Waals surface area contributed by atoms with E-state index in [1.54, 1.807) is 0 Å². The minimum Gasteiger partial charge on any atom is -0.281 e. The van der Waals surface area contributed by atoms with Crippen molar-refractivity contribution in [1.82, 2.24) is 0 Å². The first-order chi connectivity index (χ1) is 9.08. The molecule has 4 heteroatoms. The molecule has 0 aliphatic carbocycles. The standard InChI is InChI=1S/C15H12Cl2O2/c16-14(18)9-12(15(17)19)8-11-6-3-5-10-4-1-2-7-13(10)11/h1-7,12H,8-9H2/t12-/m1/s1. The summed E-state index contributed by atoms with van der Waals surface area (Å²) in [5.74, 6) is -0.572. The Balaban J connectivity index is 2.33. The molecule has 0 aromatic heterocycles. The predicted octanol–water partition coefficient (Wildman–Crippen LogP) is 3.92. The van der Waals surface area contributed by atoms with Gasteiger partial charge in [0.2, 0.25) is 10.5 Å². The van der Waals surface area contributed by atoms with Crippen molar-refractivity contribution < 1.29 is 9.59 Å². The van der Waals surface area contributed by atoms with Crippen LogP contribution in [0.3, 0.4) is 0 Å². The number of hydrogen-bond donors (Lipinski definition) is 0. The lowest BCUT2D eigenvalue weighted by Gasteiger charge is -2.12. The summed E-state index contributed by atoms with van der Waals surface area (Å²) >= 11 is 10.9. The molecule has 0 aliphatic heterocycles. The maximum Gasteiger partial charge on any atom is 0.225 e. The van der Waals surface area contributed by atoms with Gasteiger partial charge in [0, 0.05) is 12.3 Å². The van der Waals surface area contributed by atoms with Crippen LogP contribution in [0.15, 0.2) is 42.5 Å². The summed E-state index contributed by atoms with van der Waals surface area (Å²) < 4.78 is 0. The Labute approximate surface area is 121 Å². The van der Waals surface area contributed by atoms with Crippen molar-refractivity contribution in [2.24, 2.45) is 5.92 Å². The van der Waals surface area contributed by atoms with Gasteiger partial charge in [-0.3, -0.25) is 9.59 Å². The van der Waals surface area contributed by atoms with E-state index in [4.69, 9.17) is 23.2 Å². The Morgan fingerprint density at radius 1 is 1.00 bits per heavy atom. The zero-order valence-electron chi connectivity index (χ0n) is 10.1. The van der Waals surface area contributed by atoms with Crippen LogP contribution in [0.2, 0.25) is 0 Å². The first-order valence-electron chi connectivity index (χ1n) is 5.92. The maximum absolute atomic E-state index is 11.4. The van der Waals surface area contributed by atoms with Crippen molar-refractivity contribution in [3.05, 3.63) is 48.0 Å². The number of carbonyl (C=O) groups is 2. The first-order valence-corrected chi connectivity index (χ1v) is 6.68. The second kappa shape index (κ2) is 6.18. The third-order valence-electron chi connectivity index (χ3n) is 3.07. The maximum atomic E-state index is 11.4. The van der Waals surface area contributed by atoms with Gasteiger partial charge in [-0.05, 0) is 46.0 Å². The molecule has 0 unspecified atom stereocenters. The molecule has 0 heterocycles. The molecule has 0 radical (unpaired) electrons. The van der Waals surface area contributed by atoms with E-state index in [0.29, 0.717) is 6.42 Å². The Morgan fingerprint density at radius 2 is 1.68 bits per heavy atom. The fourth-order valence-electron chi connectivity index (χ4n) is 2.16. The molecule has 98 valence electrons. The van der Waals surface area contributed by atoms with Crippen molar-refractivity contribution >= 4 is 44.5 Å². The van der Waals surface area contributed by atoms with Crippen molar-refractivity contribution in [3.8, 4) is 0 Å². The van der Waals surface area contributed by atoms with Gasteiger partial charge in [0.1, 0.15) is 0 Å². The third kappa shape index (κ3) is 3.55. The summed E-state index contributed by atoms with van der Waals surface area (Å²) in [5.41, 5.74) is 0.995. The quantitative estimate of drug-likeness (QED) is 0.783. The molecule has 0 fully saturated rings. The molecule has 0 saturated carbocycles. The van der Waals surface area contributed by atoms with Gasteiger partial charge in [-0.2, -0.15) is 0 Å². The monoisotopic (exact) mass is 294 g/mol. The summed E-state index contributed by atoms with van der Waals surface area (Å²) in [6.45, 7) is 0. The summed E-state index contributed by atoms with van der Waals surface area (Å²) in [7, 11) is 0. The second-order valence-corrected chi connectivity index (χ2v) is 5.20. The Hall–Kier alpha value is -1.38. The largest absolute Gasteiger partial charge is 0.281 e. The van der Waals surface area contributed by atoms with E-state index in [1.807, 2.05) is 42.5 Å². The minimum absolute atomic E-state index is 0.0346. The van der Waals surface area contributed by atoms with Gasteiger partial charge in [0.15, 0.2) is 0 Å². The number of carbonyl (C=O) groups excluding carboxylic acids is 2. The summed E-state index contributed by atoms with van der Waals surface area (Å²) in [6, 6.07) is 13.8. The SMILES string of the molecule is O=C(Cl)C[C@@H](Cc1cccc2ccccc12)C(=O)Cl. The Bertz CT molecular complexity index is 617. The second-order valence-electron chi connectivity index (χ2n) is 4.40. The highest BCUT2D eigenvalue weighted by Gasteiger charge is 2.20. The molecule has 0 amide bonds.